The predicted octanol–water partition coefficient (Wildman–Crippen LogP) is -0.354. The average molecular weight is 236 g/mol. The normalized spacial score (nSPS) is 17.3. The Labute approximate surface area is 91.8 Å². The van der Waals surface area contributed by atoms with Crippen molar-refractivity contribution >= 4 is 10.0 Å². The Morgan fingerprint density at radius 1 is 1.47 bits per heavy atom. The fourth-order valence-corrected chi connectivity index (χ4v) is 2.23. The van der Waals surface area contributed by atoms with Crippen molar-refractivity contribution < 1.29 is 13.2 Å². The van der Waals surface area contributed by atoms with Crippen molar-refractivity contribution in [3.05, 3.63) is 0 Å². The van der Waals surface area contributed by atoms with Crippen LogP contribution in [0.2, 0.25) is 0 Å². The number of methoxy groups -OCH3 is 1. The Hall–Kier alpha value is -0.170. The van der Waals surface area contributed by atoms with Crippen molar-refractivity contribution in [1.82, 2.24) is 9.62 Å². The topological polar surface area (TPSA) is 58.6 Å². The molecule has 0 unspecified atom stereocenters. The molecule has 90 valence electrons. The molecule has 0 aliphatic heterocycles. The van der Waals surface area contributed by atoms with Crippen LogP contribution in [0.4, 0.5) is 0 Å². The lowest BCUT2D eigenvalue weighted by molar-refractivity contribution is 0.185. The van der Waals surface area contributed by atoms with Gasteiger partial charge in [0.05, 0.1) is 12.4 Å². The molecule has 1 N–H and O–H groups in total. The third kappa shape index (κ3) is 4.92. The zero-order valence-electron chi connectivity index (χ0n) is 9.40. The fraction of sp³-hybridized carbons (Fsp3) is 1.00. The second-order valence-electron chi connectivity index (χ2n) is 3.86. The number of nitrogens with one attached hydrogen (secondary N) is 1. The molecule has 1 aliphatic rings. The molecule has 0 aromatic heterocycles. The standard InChI is InChI=1S/C9H20N2O3S/c1-11(6-7-14-2)15(12,13)8-5-10-9-3-4-9/h9-10H,3-8H2,1-2H3. The van der Waals surface area contributed by atoms with Crippen molar-refractivity contribution in [3.63, 3.8) is 0 Å². The summed E-state index contributed by atoms with van der Waals surface area (Å²) in [6.45, 7) is 1.40. The summed E-state index contributed by atoms with van der Waals surface area (Å²) in [5, 5.41) is 3.19. The molecular formula is C9H20N2O3S. The van der Waals surface area contributed by atoms with Crippen LogP contribution in [-0.2, 0) is 14.8 Å². The summed E-state index contributed by atoms with van der Waals surface area (Å²) in [6.07, 6.45) is 2.36. The number of hydrogen-bond acceptors (Lipinski definition) is 4. The van der Waals surface area contributed by atoms with Gasteiger partial charge in [-0.15, -0.1) is 0 Å². The van der Waals surface area contributed by atoms with Gasteiger partial charge in [-0.1, -0.05) is 0 Å². The summed E-state index contributed by atoms with van der Waals surface area (Å²) < 4.78 is 29.5. The molecule has 0 saturated heterocycles. The van der Waals surface area contributed by atoms with Crippen LogP contribution in [0.25, 0.3) is 0 Å². The molecule has 1 rings (SSSR count). The summed E-state index contributed by atoms with van der Waals surface area (Å²) in [5.41, 5.74) is 0. The number of ether oxygens (including phenoxy) is 1. The maximum Gasteiger partial charge on any atom is 0.215 e. The number of sulfonamides is 1. The number of rotatable bonds is 8. The van der Waals surface area contributed by atoms with Gasteiger partial charge in [-0.25, -0.2) is 12.7 Å². The molecule has 0 spiro atoms. The summed E-state index contributed by atoms with van der Waals surface area (Å²) >= 11 is 0. The molecule has 5 nitrogen and oxygen atoms in total. The Kier molecular flexibility index (Phi) is 4.98. The van der Waals surface area contributed by atoms with E-state index < -0.39 is 10.0 Å². The van der Waals surface area contributed by atoms with Crippen LogP contribution in [0.15, 0.2) is 0 Å². The highest BCUT2D eigenvalue weighted by molar-refractivity contribution is 7.89. The summed E-state index contributed by atoms with van der Waals surface area (Å²) in [4.78, 5) is 0. The van der Waals surface area contributed by atoms with Crippen molar-refractivity contribution in [2.24, 2.45) is 0 Å². The lowest BCUT2D eigenvalue weighted by Crippen LogP contribution is -2.36. The molecule has 0 radical (unpaired) electrons. The predicted molar refractivity (Wildman–Crippen MR) is 59.3 cm³/mol. The van der Waals surface area contributed by atoms with Gasteiger partial charge < -0.3 is 10.1 Å². The first-order valence-electron chi connectivity index (χ1n) is 5.22. The van der Waals surface area contributed by atoms with E-state index in [-0.39, 0.29) is 5.75 Å². The van der Waals surface area contributed by atoms with Gasteiger partial charge in [0.15, 0.2) is 0 Å². The van der Waals surface area contributed by atoms with Gasteiger partial charge in [0.2, 0.25) is 10.0 Å². The first-order chi connectivity index (χ1) is 7.06. The number of hydrogen-bond donors (Lipinski definition) is 1. The minimum Gasteiger partial charge on any atom is -0.383 e. The average Bonchev–Trinajstić information content (AvgIpc) is 2.97. The zero-order valence-corrected chi connectivity index (χ0v) is 10.2. The number of nitrogens with zero attached hydrogens (tertiary/aromatic N) is 1. The second kappa shape index (κ2) is 5.79. The summed E-state index contributed by atoms with van der Waals surface area (Å²) in [7, 11) is 0.0438. The largest absolute Gasteiger partial charge is 0.383 e. The van der Waals surface area contributed by atoms with Crippen LogP contribution in [0.1, 0.15) is 12.8 Å². The molecule has 0 aromatic carbocycles. The van der Waals surface area contributed by atoms with Gasteiger partial charge in [-0.3, -0.25) is 0 Å². The smallest absolute Gasteiger partial charge is 0.215 e. The zero-order chi connectivity index (χ0) is 11.3. The van der Waals surface area contributed by atoms with E-state index in [1.165, 1.54) is 17.1 Å². The third-order valence-corrected chi connectivity index (χ3v) is 4.31. The van der Waals surface area contributed by atoms with Crippen molar-refractivity contribution in [2.75, 3.05) is 39.6 Å². The highest BCUT2D eigenvalue weighted by Crippen LogP contribution is 2.18. The van der Waals surface area contributed by atoms with Crippen LogP contribution in [0.5, 0.6) is 0 Å². The molecule has 0 bridgehead atoms. The van der Waals surface area contributed by atoms with E-state index >= 15 is 0 Å². The maximum absolute atomic E-state index is 11.7. The van der Waals surface area contributed by atoms with Crippen LogP contribution < -0.4 is 5.32 Å². The van der Waals surface area contributed by atoms with Crippen LogP contribution in [0, 0.1) is 0 Å². The molecule has 0 atom stereocenters. The Morgan fingerprint density at radius 2 is 2.13 bits per heavy atom. The first-order valence-corrected chi connectivity index (χ1v) is 6.83. The molecule has 6 heteroatoms. The highest BCUT2D eigenvalue weighted by atomic mass is 32.2. The van der Waals surface area contributed by atoms with E-state index in [9.17, 15) is 8.42 Å². The Morgan fingerprint density at radius 3 is 2.67 bits per heavy atom. The highest BCUT2D eigenvalue weighted by Gasteiger charge is 2.22. The summed E-state index contributed by atoms with van der Waals surface area (Å²) in [6, 6.07) is 0.560. The van der Waals surface area contributed by atoms with Gasteiger partial charge in [-0.05, 0) is 12.8 Å². The molecule has 1 aliphatic carbocycles. The number of likely N-dealkylation sites (N-methyl/N-ethyl adjacent to an activating group) is 1. The van der Waals surface area contributed by atoms with E-state index in [1.54, 1.807) is 14.2 Å². The van der Waals surface area contributed by atoms with Gasteiger partial charge >= 0.3 is 0 Å². The monoisotopic (exact) mass is 236 g/mol. The van der Waals surface area contributed by atoms with Gasteiger partial charge in [-0.2, -0.15) is 0 Å². The van der Waals surface area contributed by atoms with E-state index in [2.05, 4.69) is 5.32 Å². The van der Waals surface area contributed by atoms with Crippen molar-refractivity contribution in [1.29, 1.82) is 0 Å². The quantitative estimate of drug-likeness (QED) is 0.625. The molecular weight excluding hydrogens is 216 g/mol. The first kappa shape index (κ1) is 12.9. The van der Waals surface area contributed by atoms with Crippen molar-refractivity contribution in [3.8, 4) is 0 Å². The molecule has 1 fully saturated rings. The lowest BCUT2D eigenvalue weighted by atomic mass is 10.6. The summed E-state index contributed by atoms with van der Waals surface area (Å²) in [5.74, 6) is 0.170. The van der Waals surface area contributed by atoms with Gasteiger partial charge in [0, 0.05) is 33.3 Å². The van der Waals surface area contributed by atoms with Gasteiger partial charge in [0.25, 0.3) is 0 Å². The Bertz CT molecular complexity index is 275. The minimum atomic E-state index is -3.11. The minimum absolute atomic E-state index is 0.170. The van der Waals surface area contributed by atoms with E-state index in [0.29, 0.717) is 25.7 Å². The van der Waals surface area contributed by atoms with Crippen LogP contribution in [-0.4, -0.2) is 58.4 Å². The van der Waals surface area contributed by atoms with Crippen LogP contribution >= 0.6 is 0 Å². The Balaban J connectivity index is 2.22. The molecule has 1 saturated carbocycles. The van der Waals surface area contributed by atoms with E-state index in [1.807, 2.05) is 0 Å². The van der Waals surface area contributed by atoms with Crippen molar-refractivity contribution in [2.45, 2.75) is 18.9 Å². The van der Waals surface area contributed by atoms with E-state index in [0.717, 1.165) is 0 Å². The van der Waals surface area contributed by atoms with E-state index in [4.69, 9.17) is 4.74 Å². The second-order valence-corrected chi connectivity index (χ2v) is 6.05. The fourth-order valence-electron chi connectivity index (χ4n) is 1.19. The van der Waals surface area contributed by atoms with Crippen LogP contribution in [0.3, 0.4) is 0 Å². The maximum atomic E-state index is 11.7. The SMILES string of the molecule is COCCN(C)S(=O)(=O)CCNC1CC1. The third-order valence-electron chi connectivity index (χ3n) is 2.46. The van der Waals surface area contributed by atoms with Gasteiger partial charge in [0.1, 0.15) is 0 Å². The molecule has 0 aromatic rings. The molecule has 0 amide bonds. The lowest BCUT2D eigenvalue weighted by Gasteiger charge is -2.16. The molecule has 0 heterocycles. The molecule has 15 heavy (non-hydrogen) atoms.